The number of thiophene rings is 1. The van der Waals surface area contributed by atoms with Crippen molar-refractivity contribution in [2.45, 2.75) is 25.8 Å². The largest absolute Gasteiger partial charge is 0.310 e. The molecule has 0 bridgehead atoms. The lowest BCUT2D eigenvalue weighted by Gasteiger charge is -2.18. The molecule has 1 aromatic heterocycles. The van der Waals surface area contributed by atoms with Crippen molar-refractivity contribution >= 4 is 33.9 Å². The highest BCUT2D eigenvalue weighted by molar-refractivity contribution is 14.1. The van der Waals surface area contributed by atoms with Gasteiger partial charge in [0.15, 0.2) is 11.6 Å². The molecule has 5 heteroatoms. The third kappa shape index (κ3) is 3.99. The van der Waals surface area contributed by atoms with Crippen molar-refractivity contribution in [1.82, 2.24) is 5.32 Å². The molecule has 20 heavy (non-hydrogen) atoms. The van der Waals surface area contributed by atoms with E-state index >= 15 is 0 Å². The Balaban J connectivity index is 2.21. The summed E-state index contributed by atoms with van der Waals surface area (Å²) in [6.07, 6.45) is 1.46. The molecule has 0 saturated carbocycles. The first-order chi connectivity index (χ1) is 9.61. The molecule has 1 aromatic carbocycles. The summed E-state index contributed by atoms with van der Waals surface area (Å²) >= 11 is 3.93. The van der Waals surface area contributed by atoms with Gasteiger partial charge in [-0.1, -0.05) is 19.1 Å². The van der Waals surface area contributed by atoms with Gasteiger partial charge in [-0.2, -0.15) is 0 Å². The number of benzene rings is 1. The highest BCUT2D eigenvalue weighted by Gasteiger charge is 2.16. The van der Waals surface area contributed by atoms with Crippen molar-refractivity contribution in [3.05, 3.63) is 55.3 Å². The maximum absolute atomic E-state index is 13.8. The molecule has 0 amide bonds. The smallest absolute Gasteiger partial charge is 0.162 e. The average Bonchev–Trinajstić information content (AvgIpc) is 2.86. The summed E-state index contributed by atoms with van der Waals surface area (Å²) < 4.78 is 28.3. The minimum Gasteiger partial charge on any atom is -0.310 e. The predicted octanol–water partition coefficient (Wildman–Crippen LogP) is 4.91. The van der Waals surface area contributed by atoms with E-state index in [9.17, 15) is 8.78 Å². The molecular weight excluding hydrogens is 391 g/mol. The molecule has 0 aliphatic rings. The molecule has 2 aromatic rings. The zero-order chi connectivity index (χ0) is 14.5. The van der Waals surface area contributed by atoms with Crippen molar-refractivity contribution < 1.29 is 8.78 Å². The predicted molar refractivity (Wildman–Crippen MR) is 88.1 cm³/mol. The molecule has 1 heterocycles. The molecule has 1 unspecified atom stereocenters. The van der Waals surface area contributed by atoms with E-state index in [4.69, 9.17) is 0 Å². The van der Waals surface area contributed by atoms with Crippen LogP contribution < -0.4 is 5.32 Å². The maximum atomic E-state index is 13.8. The average molecular weight is 407 g/mol. The minimum absolute atomic E-state index is 0.0195. The van der Waals surface area contributed by atoms with Crippen LogP contribution in [0.4, 0.5) is 8.78 Å². The molecule has 0 saturated heterocycles. The van der Waals surface area contributed by atoms with Gasteiger partial charge in [-0.25, -0.2) is 8.78 Å². The van der Waals surface area contributed by atoms with Crippen LogP contribution >= 0.6 is 33.9 Å². The molecule has 0 aliphatic carbocycles. The van der Waals surface area contributed by atoms with E-state index < -0.39 is 11.6 Å². The summed E-state index contributed by atoms with van der Waals surface area (Å²) in [7, 11) is 0. The molecule has 1 N–H and O–H groups in total. The van der Waals surface area contributed by atoms with Gasteiger partial charge in [0, 0.05) is 6.04 Å². The Labute approximate surface area is 135 Å². The molecule has 1 atom stereocenters. The lowest BCUT2D eigenvalue weighted by Crippen LogP contribution is -2.24. The van der Waals surface area contributed by atoms with Crippen LogP contribution in [0, 0.1) is 14.5 Å². The van der Waals surface area contributed by atoms with Crippen LogP contribution in [0.25, 0.3) is 0 Å². The molecule has 1 nitrogen and oxygen atoms in total. The van der Waals surface area contributed by atoms with Crippen LogP contribution in [0.3, 0.4) is 0 Å². The summed E-state index contributed by atoms with van der Waals surface area (Å²) in [5.41, 5.74) is 1.55. The molecule has 0 radical (unpaired) electrons. The van der Waals surface area contributed by atoms with E-state index in [0.29, 0.717) is 12.0 Å². The molecule has 0 spiro atoms. The topological polar surface area (TPSA) is 12.0 Å². The Hall–Kier alpha value is -0.530. The van der Waals surface area contributed by atoms with Crippen LogP contribution in [0.1, 0.15) is 30.5 Å². The molecule has 108 valence electrons. The fraction of sp³-hybridized carbons (Fsp3) is 0.333. The maximum Gasteiger partial charge on any atom is 0.162 e. The second kappa shape index (κ2) is 7.47. The summed E-state index contributed by atoms with van der Waals surface area (Å²) in [6, 6.07) is 6.47. The summed E-state index contributed by atoms with van der Waals surface area (Å²) in [4.78, 5) is 0. The molecule has 2 rings (SSSR count). The first kappa shape index (κ1) is 15.9. The van der Waals surface area contributed by atoms with Crippen LogP contribution in [0.2, 0.25) is 0 Å². The third-order valence-electron chi connectivity index (χ3n) is 3.09. The van der Waals surface area contributed by atoms with Gasteiger partial charge in [-0.15, -0.1) is 11.3 Å². The summed E-state index contributed by atoms with van der Waals surface area (Å²) in [6.45, 7) is 2.94. The first-order valence-corrected chi connectivity index (χ1v) is 8.48. The SMILES string of the molecule is CCCNC(Cc1cccc(F)c1F)c1csc(I)c1. The van der Waals surface area contributed by atoms with Crippen molar-refractivity contribution in [2.24, 2.45) is 0 Å². The first-order valence-electron chi connectivity index (χ1n) is 6.52. The zero-order valence-electron chi connectivity index (χ0n) is 11.1. The van der Waals surface area contributed by atoms with Crippen molar-refractivity contribution in [1.29, 1.82) is 0 Å². The third-order valence-corrected chi connectivity index (χ3v) is 4.89. The zero-order valence-corrected chi connectivity index (χ0v) is 14.1. The number of nitrogens with one attached hydrogen (secondary N) is 1. The van der Waals surface area contributed by atoms with Crippen molar-refractivity contribution in [2.75, 3.05) is 6.54 Å². The van der Waals surface area contributed by atoms with Gasteiger partial charge in [0.25, 0.3) is 0 Å². The Bertz CT molecular complexity index is 571. The van der Waals surface area contributed by atoms with Crippen LogP contribution in [0.5, 0.6) is 0 Å². The second-order valence-electron chi connectivity index (χ2n) is 4.61. The molecule has 0 fully saturated rings. The summed E-state index contributed by atoms with van der Waals surface area (Å²) in [5.74, 6) is -1.52. The number of rotatable bonds is 6. The molecule has 0 aliphatic heterocycles. The Morgan fingerprint density at radius 1 is 1.35 bits per heavy atom. The van der Waals surface area contributed by atoms with E-state index in [0.717, 1.165) is 24.6 Å². The van der Waals surface area contributed by atoms with Gasteiger partial charge in [0.05, 0.1) is 2.88 Å². The number of hydrogen-bond donors (Lipinski definition) is 1. The van der Waals surface area contributed by atoms with Gasteiger partial charge >= 0.3 is 0 Å². The Morgan fingerprint density at radius 2 is 2.15 bits per heavy atom. The highest BCUT2D eigenvalue weighted by Crippen LogP contribution is 2.26. The fourth-order valence-electron chi connectivity index (χ4n) is 2.06. The van der Waals surface area contributed by atoms with Gasteiger partial charge < -0.3 is 5.32 Å². The van der Waals surface area contributed by atoms with Crippen molar-refractivity contribution in [3.63, 3.8) is 0 Å². The quantitative estimate of drug-likeness (QED) is 0.671. The van der Waals surface area contributed by atoms with Crippen LogP contribution in [-0.4, -0.2) is 6.54 Å². The normalized spacial score (nSPS) is 12.6. The summed E-state index contributed by atoms with van der Waals surface area (Å²) in [5, 5.41) is 5.48. The van der Waals surface area contributed by atoms with Crippen LogP contribution in [0.15, 0.2) is 29.6 Å². The Morgan fingerprint density at radius 3 is 2.80 bits per heavy atom. The van der Waals surface area contributed by atoms with Crippen molar-refractivity contribution in [3.8, 4) is 0 Å². The van der Waals surface area contributed by atoms with E-state index in [-0.39, 0.29) is 6.04 Å². The van der Waals surface area contributed by atoms with E-state index in [1.165, 1.54) is 2.88 Å². The van der Waals surface area contributed by atoms with E-state index in [1.807, 2.05) is 0 Å². The standard InChI is InChI=1S/C15H16F2INS/c1-2-6-19-13(11-8-14(18)20-9-11)7-10-4-3-5-12(16)15(10)17/h3-5,8-9,13,19H,2,6-7H2,1H3. The van der Waals surface area contributed by atoms with Crippen LogP contribution in [-0.2, 0) is 6.42 Å². The minimum atomic E-state index is -0.781. The lowest BCUT2D eigenvalue weighted by molar-refractivity contribution is 0.477. The van der Waals surface area contributed by atoms with Gasteiger partial charge in [0.1, 0.15) is 0 Å². The highest BCUT2D eigenvalue weighted by atomic mass is 127. The van der Waals surface area contributed by atoms with Gasteiger partial charge in [-0.05, 0) is 70.6 Å². The second-order valence-corrected chi connectivity index (χ2v) is 7.41. The van der Waals surface area contributed by atoms with E-state index in [1.54, 1.807) is 23.5 Å². The monoisotopic (exact) mass is 407 g/mol. The number of halogens is 3. The van der Waals surface area contributed by atoms with Gasteiger partial charge in [0.2, 0.25) is 0 Å². The fourth-order valence-corrected chi connectivity index (χ4v) is 3.48. The lowest BCUT2D eigenvalue weighted by atomic mass is 10.0. The number of hydrogen-bond acceptors (Lipinski definition) is 2. The Kier molecular flexibility index (Phi) is 5.92. The van der Waals surface area contributed by atoms with Gasteiger partial charge in [-0.3, -0.25) is 0 Å². The molecular formula is C15H16F2INS. The van der Waals surface area contributed by atoms with E-state index in [2.05, 4.69) is 46.3 Å².